The summed E-state index contributed by atoms with van der Waals surface area (Å²) < 4.78 is 6.98. The summed E-state index contributed by atoms with van der Waals surface area (Å²) in [7, 11) is 3.46. The zero-order valence-electron chi connectivity index (χ0n) is 10.3. The molecule has 2 rings (SSSR count). The van der Waals surface area contributed by atoms with E-state index >= 15 is 0 Å². The van der Waals surface area contributed by atoms with Gasteiger partial charge in [0, 0.05) is 19.2 Å². The maximum Gasteiger partial charge on any atom is 0.209 e. The van der Waals surface area contributed by atoms with E-state index in [1.165, 1.54) is 11.8 Å². The van der Waals surface area contributed by atoms with Crippen LogP contribution in [0, 0.1) is 0 Å². The Kier molecular flexibility index (Phi) is 4.16. The van der Waals surface area contributed by atoms with Crippen molar-refractivity contribution in [3.8, 4) is 5.75 Å². The van der Waals surface area contributed by atoms with Crippen LogP contribution >= 0.6 is 11.8 Å². The Balaban J connectivity index is 2.25. The zero-order chi connectivity index (χ0) is 13.0. The molecule has 0 saturated carbocycles. The second kappa shape index (κ2) is 5.83. The molecule has 1 heterocycles. The maximum atomic E-state index is 5.84. The highest BCUT2D eigenvalue weighted by Crippen LogP contribution is 2.37. The van der Waals surface area contributed by atoms with E-state index in [2.05, 4.69) is 15.5 Å². The number of ether oxygens (including phenoxy) is 1. The average molecular weight is 265 g/mol. The predicted octanol–water partition coefficient (Wildman–Crippen LogP) is 1.01. The molecule has 0 bridgehead atoms. The number of rotatable bonds is 5. The van der Waals surface area contributed by atoms with Gasteiger partial charge in [-0.2, -0.15) is 0 Å². The van der Waals surface area contributed by atoms with Gasteiger partial charge >= 0.3 is 0 Å². The Morgan fingerprint density at radius 1 is 1.44 bits per heavy atom. The molecule has 6 nitrogen and oxygen atoms in total. The van der Waals surface area contributed by atoms with E-state index < -0.39 is 0 Å². The van der Waals surface area contributed by atoms with Crippen molar-refractivity contribution in [3.05, 3.63) is 29.8 Å². The molecular weight excluding hydrogens is 250 g/mol. The Hall–Kier alpha value is -1.60. The van der Waals surface area contributed by atoms with Crippen LogP contribution in [-0.4, -0.2) is 33.9 Å². The van der Waals surface area contributed by atoms with Gasteiger partial charge in [-0.15, -0.1) is 5.10 Å². The molecule has 2 aromatic rings. The molecule has 1 aromatic carbocycles. The van der Waals surface area contributed by atoms with Crippen LogP contribution in [0.5, 0.6) is 5.75 Å². The zero-order valence-corrected chi connectivity index (χ0v) is 11.1. The van der Waals surface area contributed by atoms with Crippen molar-refractivity contribution in [1.29, 1.82) is 0 Å². The van der Waals surface area contributed by atoms with Gasteiger partial charge in [-0.05, 0) is 16.5 Å². The summed E-state index contributed by atoms with van der Waals surface area (Å²) >= 11 is 1.53. The van der Waals surface area contributed by atoms with Gasteiger partial charge in [0.05, 0.1) is 12.4 Å². The molecule has 0 saturated heterocycles. The lowest BCUT2D eigenvalue weighted by atomic mass is 10.1. The number of aryl methyl sites for hydroxylation is 1. The first-order chi connectivity index (χ1) is 8.76. The molecule has 0 aliphatic rings. The molecular formula is C11H15N5OS. The highest BCUT2D eigenvalue weighted by atomic mass is 32.2. The Morgan fingerprint density at radius 2 is 2.22 bits per heavy atom. The van der Waals surface area contributed by atoms with Gasteiger partial charge in [0.15, 0.2) is 0 Å². The van der Waals surface area contributed by atoms with Gasteiger partial charge in [0.2, 0.25) is 5.16 Å². The molecule has 1 unspecified atom stereocenters. The van der Waals surface area contributed by atoms with Crippen molar-refractivity contribution in [2.45, 2.75) is 10.4 Å². The third-order valence-corrected chi connectivity index (χ3v) is 3.82. The first-order valence-corrected chi connectivity index (χ1v) is 6.36. The molecule has 7 heteroatoms. The molecule has 1 atom stereocenters. The topological polar surface area (TPSA) is 78.8 Å². The van der Waals surface area contributed by atoms with E-state index in [1.54, 1.807) is 18.8 Å². The normalized spacial score (nSPS) is 12.4. The lowest BCUT2D eigenvalue weighted by Gasteiger charge is -2.16. The summed E-state index contributed by atoms with van der Waals surface area (Å²) in [4.78, 5) is 0. The first kappa shape index (κ1) is 12.8. The molecule has 0 radical (unpaired) electrons. The quantitative estimate of drug-likeness (QED) is 0.813. The largest absolute Gasteiger partial charge is 0.496 e. The average Bonchev–Trinajstić information content (AvgIpc) is 2.81. The van der Waals surface area contributed by atoms with Crippen LogP contribution in [0.15, 0.2) is 29.4 Å². The molecule has 0 aliphatic heterocycles. The number of benzene rings is 1. The summed E-state index contributed by atoms with van der Waals surface area (Å²) in [5.74, 6) is 0.829. The van der Waals surface area contributed by atoms with E-state index in [9.17, 15) is 0 Å². The van der Waals surface area contributed by atoms with Gasteiger partial charge < -0.3 is 10.5 Å². The van der Waals surface area contributed by atoms with Crippen LogP contribution in [-0.2, 0) is 7.05 Å². The summed E-state index contributed by atoms with van der Waals surface area (Å²) in [6.07, 6.45) is 0. The highest BCUT2D eigenvalue weighted by molar-refractivity contribution is 7.99. The minimum atomic E-state index is 0.0610. The number of aromatic nitrogens is 4. The Bertz CT molecular complexity index is 516. The molecule has 2 N–H and O–H groups in total. The molecule has 1 aromatic heterocycles. The van der Waals surface area contributed by atoms with Gasteiger partial charge in [-0.1, -0.05) is 30.0 Å². The molecule has 0 spiro atoms. The summed E-state index contributed by atoms with van der Waals surface area (Å²) in [5.41, 5.74) is 6.89. The maximum absolute atomic E-state index is 5.84. The van der Waals surface area contributed by atoms with Crippen LogP contribution in [0.25, 0.3) is 0 Å². The second-order valence-electron chi connectivity index (χ2n) is 3.67. The van der Waals surface area contributed by atoms with E-state index in [0.29, 0.717) is 6.54 Å². The number of hydrogen-bond donors (Lipinski definition) is 1. The minimum Gasteiger partial charge on any atom is -0.496 e. The van der Waals surface area contributed by atoms with Crippen LogP contribution < -0.4 is 10.5 Å². The number of para-hydroxylation sites is 1. The molecule has 0 fully saturated rings. The van der Waals surface area contributed by atoms with Crippen LogP contribution in [0.4, 0.5) is 0 Å². The number of nitrogens with two attached hydrogens (primary N) is 1. The van der Waals surface area contributed by atoms with Crippen molar-refractivity contribution >= 4 is 11.8 Å². The SMILES string of the molecule is COc1ccccc1C(CN)Sc1nnnn1C. The Morgan fingerprint density at radius 3 is 2.83 bits per heavy atom. The second-order valence-corrected chi connectivity index (χ2v) is 4.84. The number of tetrazole rings is 1. The standard InChI is InChI=1S/C11H15N5OS/c1-16-11(13-14-15-16)18-10(7-12)8-5-3-4-6-9(8)17-2/h3-6,10H,7,12H2,1-2H3. The van der Waals surface area contributed by atoms with Crippen LogP contribution in [0.3, 0.4) is 0 Å². The molecule has 96 valence electrons. The smallest absolute Gasteiger partial charge is 0.209 e. The lowest BCUT2D eigenvalue weighted by molar-refractivity contribution is 0.409. The van der Waals surface area contributed by atoms with E-state index in [1.807, 2.05) is 24.3 Å². The van der Waals surface area contributed by atoms with Gasteiger partial charge in [0.25, 0.3) is 0 Å². The number of thioether (sulfide) groups is 1. The first-order valence-electron chi connectivity index (χ1n) is 5.48. The third kappa shape index (κ3) is 2.62. The summed E-state index contributed by atoms with van der Waals surface area (Å²) in [5, 5.41) is 12.2. The van der Waals surface area contributed by atoms with E-state index in [4.69, 9.17) is 10.5 Å². The number of methoxy groups -OCH3 is 1. The predicted molar refractivity (Wildman–Crippen MR) is 69.4 cm³/mol. The van der Waals surface area contributed by atoms with E-state index in [-0.39, 0.29) is 5.25 Å². The molecule has 18 heavy (non-hydrogen) atoms. The monoisotopic (exact) mass is 265 g/mol. The molecule has 0 aliphatic carbocycles. The Labute approximate surface area is 110 Å². The molecule has 0 amide bonds. The van der Waals surface area contributed by atoms with E-state index in [0.717, 1.165) is 16.5 Å². The van der Waals surface area contributed by atoms with Crippen molar-refractivity contribution in [1.82, 2.24) is 20.2 Å². The van der Waals surface area contributed by atoms with Gasteiger partial charge in [-0.3, -0.25) is 0 Å². The van der Waals surface area contributed by atoms with Gasteiger partial charge in [-0.25, -0.2) is 4.68 Å². The fourth-order valence-electron chi connectivity index (χ4n) is 1.62. The van der Waals surface area contributed by atoms with Crippen molar-refractivity contribution < 1.29 is 4.74 Å². The van der Waals surface area contributed by atoms with Crippen LogP contribution in [0.2, 0.25) is 0 Å². The number of nitrogens with zero attached hydrogens (tertiary/aromatic N) is 4. The minimum absolute atomic E-state index is 0.0610. The summed E-state index contributed by atoms with van der Waals surface area (Å²) in [6.45, 7) is 0.484. The fourth-order valence-corrected chi connectivity index (χ4v) is 2.56. The lowest BCUT2D eigenvalue weighted by Crippen LogP contribution is -2.11. The fraction of sp³-hybridized carbons (Fsp3) is 0.364. The number of hydrogen-bond acceptors (Lipinski definition) is 6. The van der Waals surface area contributed by atoms with Crippen molar-refractivity contribution in [2.24, 2.45) is 12.8 Å². The highest BCUT2D eigenvalue weighted by Gasteiger charge is 2.18. The third-order valence-electron chi connectivity index (χ3n) is 2.53. The summed E-state index contributed by atoms with van der Waals surface area (Å²) in [6, 6.07) is 7.83. The van der Waals surface area contributed by atoms with Crippen LogP contribution in [0.1, 0.15) is 10.8 Å². The van der Waals surface area contributed by atoms with Crippen molar-refractivity contribution in [2.75, 3.05) is 13.7 Å². The van der Waals surface area contributed by atoms with Crippen molar-refractivity contribution in [3.63, 3.8) is 0 Å². The van der Waals surface area contributed by atoms with Gasteiger partial charge in [0.1, 0.15) is 5.75 Å².